The van der Waals surface area contributed by atoms with E-state index in [0.717, 1.165) is 58.4 Å². The van der Waals surface area contributed by atoms with Crippen LogP contribution in [-0.4, -0.2) is 30.7 Å². The van der Waals surface area contributed by atoms with Crippen LogP contribution in [-0.2, 0) is 16.1 Å². The van der Waals surface area contributed by atoms with Gasteiger partial charge in [-0.15, -0.1) is 0 Å². The Bertz CT molecular complexity index is 1340. The molecule has 7 nitrogen and oxygen atoms in total. The van der Waals surface area contributed by atoms with E-state index in [9.17, 15) is 9.59 Å². The SMILES string of the molecule is COC(=O)C1=Cc2cc(OC)ccc2-c2c(C3CCCCC3)c3ccc(C(=O)NSN)cc3n2C1. The molecule has 1 saturated carbocycles. The summed E-state index contributed by atoms with van der Waals surface area (Å²) in [5, 5.41) is 6.59. The summed E-state index contributed by atoms with van der Waals surface area (Å²) in [7, 11) is 3.04. The van der Waals surface area contributed by atoms with Crippen molar-refractivity contribution >= 4 is 41.0 Å². The summed E-state index contributed by atoms with van der Waals surface area (Å²) in [4.78, 5) is 25.4. The van der Waals surface area contributed by atoms with Crippen molar-refractivity contribution in [3.8, 4) is 17.0 Å². The van der Waals surface area contributed by atoms with Gasteiger partial charge in [-0.2, -0.15) is 0 Å². The van der Waals surface area contributed by atoms with Crippen LogP contribution in [0.4, 0.5) is 0 Å². The predicted octanol–water partition coefficient (Wildman–Crippen LogP) is 5.19. The normalized spacial score (nSPS) is 15.6. The molecule has 0 saturated heterocycles. The molecule has 3 N–H and O–H groups in total. The minimum atomic E-state index is -0.374. The van der Waals surface area contributed by atoms with E-state index < -0.39 is 0 Å². The molecule has 2 heterocycles. The van der Waals surface area contributed by atoms with Crippen LogP contribution in [0.25, 0.3) is 28.2 Å². The molecule has 0 unspecified atom stereocenters. The fraction of sp³-hybridized carbons (Fsp3) is 0.333. The second-order valence-corrected chi connectivity index (χ2v) is 9.52. The van der Waals surface area contributed by atoms with Crippen molar-refractivity contribution in [2.24, 2.45) is 5.14 Å². The smallest absolute Gasteiger partial charge is 0.335 e. The molecule has 8 heteroatoms. The Hall–Kier alpha value is -3.23. The van der Waals surface area contributed by atoms with Gasteiger partial charge < -0.3 is 14.0 Å². The van der Waals surface area contributed by atoms with Crippen LogP contribution < -0.4 is 14.6 Å². The fourth-order valence-electron chi connectivity index (χ4n) is 5.55. The molecule has 1 fully saturated rings. The van der Waals surface area contributed by atoms with E-state index in [0.29, 0.717) is 23.6 Å². The molecule has 1 aliphatic heterocycles. The second kappa shape index (κ2) is 9.79. The van der Waals surface area contributed by atoms with Gasteiger partial charge in [-0.1, -0.05) is 25.3 Å². The van der Waals surface area contributed by atoms with Gasteiger partial charge in [-0.05, 0) is 66.3 Å². The van der Waals surface area contributed by atoms with E-state index in [4.69, 9.17) is 14.6 Å². The van der Waals surface area contributed by atoms with Crippen molar-refractivity contribution in [3.63, 3.8) is 0 Å². The number of amides is 1. The minimum Gasteiger partial charge on any atom is -0.497 e. The number of fused-ring (bicyclic) bond motifs is 5. The van der Waals surface area contributed by atoms with E-state index in [1.807, 2.05) is 36.4 Å². The van der Waals surface area contributed by atoms with Gasteiger partial charge in [0.15, 0.2) is 0 Å². The van der Waals surface area contributed by atoms with Crippen LogP contribution in [0.15, 0.2) is 42.0 Å². The molecule has 0 atom stereocenters. The lowest BCUT2D eigenvalue weighted by molar-refractivity contribution is -0.136. The van der Waals surface area contributed by atoms with E-state index in [2.05, 4.69) is 15.4 Å². The summed E-state index contributed by atoms with van der Waals surface area (Å²) >= 11 is 0.783. The van der Waals surface area contributed by atoms with Gasteiger partial charge in [-0.25, -0.2) is 4.79 Å². The first-order chi connectivity index (χ1) is 17.0. The van der Waals surface area contributed by atoms with Crippen molar-refractivity contribution in [3.05, 3.63) is 58.7 Å². The highest BCUT2D eigenvalue weighted by molar-refractivity contribution is 7.95. The number of methoxy groups -OCH3 is 2. The van der Waals surface area contributed by atoms with Crippen LogP contribution in [0.5, 0.6) is 5.75 Å². The highest BCUT2D eigenvalue weighted by Gasteiger charge is 2.30. The van der Waals surface area contributed by atoms with Gasteiger partial charge in [-0.3, -0.25) is 14.7 Å². The summed E-state index contributed by atoms with van der Waals surface area (Å²) in [5.74, 6) is 0.514. The standard InChI is InChI=1S/C27H29N3O4S/c1-33-20-9-11-21-18(13-20)12-19(27(32)34-2)15-30-23-14-17(26(31)29-35-28)8-10-22(23)24(25(21)30)16-6-4-3-5-7-16/h8-14,16H,3-7,15,28H2,1-2H3,(H,29,31). The van der Waals surface area contributed by atoms with Gasteiger partial charge >= 0.3 is 5.97 Å². The molecule has 1 aliphatic carbocycles. The average Bonchev–Trinajstić information content (AvgIpc) is 3.11. The van der Waals surface area contributed by atoms with E-state index in [1.54, 1.807) is 7.11 Å². The Morgan fingerprint density at radius 2 is 1.89 bits per heavy atom. The number of hydrogen-bond donors (Lipinski definition) is 2. The zero-order valence-corrected chi connectivity index (χ0v) is 20.7. The predicted molar refractivity (Wildman–Crippen MR) is 139 cm³/mol. The van der Waals surface area contributed by atoms with Crippen LogP contribution in [0.3, 0.4) is 0 Å². The molecule has 35 heavy (non-hydrogen) atoms. The Morgan fingerprint density at radius 1 is 1.09 bits per heavy atom. The van der Waals surface area contributed by atoms with Crippen LogP contribution in [0, 0.1) is 0 Å². The maximum absolute atomic E-state index is 12.8. The lowest BCUT2D eigenvalue weighted by atomic mass is 9.81. The average molecular weight is 492 g/mol. The van der Waals surface area contributed by atoms with Crippen molar-refractivity contribution in [2.45, 2.75) is 44.6 Å². The Labute approximate surface area is 208 Å². The maximum Gasteiger partial charge on any atom is 0.335 e. The van der Waals surface area contributed by atoms with Gasteiger partial charge in [0.25, 0.3) is 5.91 Å². The Kier molecular flexibility index (Phi) is 6.58. The number of rotatable bonds is 5. The summed E-state index contributed by atoms with van der Waals surface area (Å²) in [5.41, 5.74) is 6.35. The molecule has 2 aromatic carbocycles. The van der Waals surface area contributed by atoms with Gasteiger partial charge in [0.05, 0.1) is 32.0 Å². The first kappa shape index (κ1) is 23.5. The number of ether oxygens (including phenoxy) is 2. The summed E-state index contributed by atoms with van der Waals surface area (Å²) < 4.78 is 15.4. The second-order valence-electron chi connectivity index (χ2n) is 9.08. The Balaban J connectivity index is 1.82. The number of nitrogens with zero attached hydrogens (tertiary/aromatic N) is 1. The molecule has 0 bridgehead atoms. The maximum atomic E-state index is 12.8. The third-order valence-electron chi connectivity index (χ3n) is 7.15. The van der Waals surface area contributed by atoms with E-state index in [1.165, 1.54) is 31.9 Å². The van der Waals surface area contributed by atoms with E-state index in [-0.39, 0.29) is 11.9 Å². The number of nitrogens with one attached hydrogen (secondary N) is 1. The summed E-state index contributed by atoms with van der Waals surface area (Å²) in [6.45, 7) is 0.346. The Morgan fingerprint density at radius 3 is 2.60 bits per heavy atom. The van der Waals surface area contributed by atoms with Gasteiger partial charge in [0, 0.05) is 34.2 Å². The molecule has 2 aliphatic rings. The lowest BCUT2D eigenvalue weighted by Gasteiger charge is -2.24. The summed E-state index contributed by atoms with van der Waals surface area (Å²) in [6, 6.07) is 11.8. The first-order valence-corrected chi connectivity index (χ1v) is 12.7. The lowest BCUT2D eigenvalue weighted by Crippen LogP contribution is -2.17. The topological polar surface area (TPSA) is 95.6 Å². The fourth-order valence-corrected chi connectivity index (χ4v) is 5.78. The molecule has 1 aromatic heterocycles. The number of aromatic nitrogens is 1. The third-order valence-corrected chi connectivity index (χ3v) is 7.45. The largest absolute Gasteiger partial charge is 0.497 e. The summed E-state index contributed by atoms with van der Waals surface area (Å²) in [6.07, 6.45) is 7.81. The van der Waals surface area contributed by atoms with Gasteiger partial charge in [0.2, 0.25) is 0 Å². The quantitative estimate of drug-likeness (QED) is 0.377. The third kappa shape index (κ3) is 4.21. The number of nitrogens with two attached hydrogens (primary N) is 1. The number of carbonyl (C=O) groups excluding carboxylic acids is 2. The first-order valence-electron chi connectivity index (χ1n) is 11.8. The van der Waals surface area contributed by atoms with Gasteiger partial charge in [0.1, 0.15) is 5.75 Å². The van der Waals surface area contributed by atoms with Crippen LogP contribution >= 0.6 is 12.1 Å². The minimum absolute atomic E-state index is 0.253. The number of hydrogen-bond acceptors (Lipinski definition) is 6. The molecule has 0 spiro atoms. The van der Waals surface area contributed by atoms with Crippen LogP contribution in [0.2, 0.25) is 0 Å². The number of carbonyl (C=O) groups is 2. The van der Waals surface area contributed by atoms with E-state index >= 15 is 0 Å². The van der Waals surface area contributed by atoms with Crippen LogP contribution in [0.1, 0.15) is 59.5 Å². The van der Waals surface area contributed by atoms with Crippen molar-refractivity contribution < 1.29 is 19.1 Å². The molecule has 5 rings (SSSR count). The van der Waals surface area contributed by atoms with Crippen molar-refractivity contribution in [1.29, 1.82) is 0 Å². The zero-order chi connectivity index (χ0) is 24.5. The molecule has 1 amide bonds. The van der Waals surface area contributed by atoms with Crippen molar-refractivity contribution in [2.75, 3.05) is 14.2 Å². The highest BCUT2D eigenvalue weighted by Crippen LogP contribution is 2.47. The highest BCUT2D eigenvalue weighted by atomic mass is 32.2. The molecule has 0 radical (unpaired) electrons. The number of benzene rings is 2. The molecular weight excluding hydrogens is 462 g/mol. The van der Waals surface area contributed by atoms with Crippen molar-refractivity contribution in [1.82, 2.24) is 9.29 Å². The molecule has 182 valence electrons. The zero-order valence-electron chi connectivity index (χ0n) is 19.9. The monoisotopic (exact) mass is 491 g/mol. The number of esters is 1. The molecular formula is C27H29N3O4S. The molecule has 3 aromatic rings.